The van der Waals surface area contributed by atoms with E-state index in [-0.39, 0.29) is 0 Å². The van der Waals surface area contributed by atoms with E-state index in [0.29, 0.717) is 0 Å². The van der Waals surface area contributed by atoms with Gasteiger partial charge in [0.2, 0.25) is 5.95 Å². The summed E-state index contributed by atoms with van der Waals surface area (Å²) in [6, 6.07) is 0. The van der Waals surface area contributed by atoms with Crippen LogP contribution in [0.25, 0.3) is 10.3 Å². The Balaban J connectivity index is 1.95. The molecule has 0 atom stereocenters. The fourth-order valence-electron chi connectivity index (χ4n) is 1.58. The maximum atomic E-state index is 5.29. The first-order valence-electron chi connectivity index (χ1n) is 4.82. The Bertz CT molecular complexity index is 466. The van der Waals surface area contributed by atoms with E-state index in [0.717, 1.165) is 42.6 Å². The van der Waals surface area contributed by atoms with Gasteiger partial charge < -0.3 is 9.64 Å². The summed E-state index contributed by atoms with van der Waals surface area (Å²) in [6.45, 7) is 3.24. The van der Waals surface area contributed by atoms with Gasteiger partial charge in [-0.3, -0.25) is 0 Å². The van der Waals surface area contributed by atoms with Crippen LogP contribution in [-0.2, 0) is 4.74 Å². The van der Waals surface area contributed by atoms with E-state index in [1.54, 1.807) is 23.0 Å². The summed E-state index contributed by atoms with van der Waals surface area (Å²) in [5, 5.41) is 0. The molecule has 3 rings (SSSR count). The largest absolute Gasteiger partial charge is 0.378 e. The molecular weight excluding hydrogens is 212 g/mol. The summed E-state index contributed by atoms with van der Waals surface area (Å²) < 4.78 is 5.29. The molecule has 0 spiro atoms. The fraction of sp³-hybridized carbons (Fsp3) is 0.444. The van der Waals surface area contributed by atoms with Gasteiger partial charge in [-0.15, -0.1) is 11.3 Å². The van der Waals surface area contributed by atoms with Crippen molar-refractivity contribution < 1.29 is 4.74 Å². The van der Waals surface area contributed by atoms with Crippen LogP contribution in [0, 0.1) is 0 Å². The molecular formula is C9H10N4OS. The predicted molar refractivity (Wildman–Crippen MR) is 58.2 cm³/mol. The maximum absolute atomic E-state index is 5.29. The molecule has 1 aliphatic heterocycles. The van der Waals surface area contributed by atoms with E-state index in [1.165, 1.54) is 0 Å². The van der Waals surface area contributed by atoms with Crippen LogP contribution < -0.4 is 4.90 Å². The number of thiazole rings is 1. The van der Waals surface area contributed by atoms with E-state index in [9.17, 15) is 0 Å². The van der Waals surface area contributed by atoms with Gasteiger partial charge in [0.1, 0.15) is 10.3 Å². The van der Waals surface area contributed by atoms with Crippen LogP contribution in [0.1, 0.15) is 0 Å². The van der Waals surface area contributed by atoms with Gasteiger partial charge in [0.25, 0.3) is 0 Å². The molecule has 0 unspecified atom stereocenters. The predicted octanol–water partition coefficient (Wildman–Crippen LogP) is 0.923. The zero-order valence-electron chi connectivity index (χ0n) is 8.09. The SMILES string of the molecule is c1nc2cnc(N3CCOCC3)nc2s1. The highest BCUT2D eigenvalue weighted by Gasteiger charge is 2.14. The topological polar surface area (TPSA) is 51.1 Å². The highest BCUT2D eigenvalue weighted by molar-refractivity contribution is 7.16. The number of fused-ring (bicyclic) bond motifs is 1. The summed E-state index contributed by atoms with van der Waals surface area (Å²) in [5.74, 6) is 0.787. The van der Waals surface area contributed by atoms with Gasteiger partial charge in [0.15, 0.2) is 0 Å². The first-order valence-corrected chi connectivity index (χ1v) is 5.70. The highest BCUT2D eigenvalue weighted by Crippen LogP contribution is 2.17. The van der Waals surface area contributed by atoms with Crippen molar-refractivity contribution in [1.29, 1.82) is 0 Å². The molecule has 2 aromatic heterocycles. The Kier molecular flexibility index (Phi) is 2.22. The third kappa shape index (κ3) is 1.66. The average Bonchev–Trinajstić information content (AvgIpc) is 2.77. The monoisotopic (exact) mass is 222 g/mol. The summed E-state index contributed by atoms with van der Waals surface area (Å²) in [6.07, 6.45) is 1.78. The lowest BCUT2D eigenvalue weighted by Crippen LogP contribution is -2.37. The Morgan fingerprint density at radius 3 is 3.00 bits per heavy atom. The Labute approximate surface area is 90.7 Å². The molecule has 2 aromatic rings. The molecule has 0 aliphatic carbocycles. The molecule has 1 saturated heterocycles. The summed E-state index contributed by atoms with van der Waals surface area (Å²) in [4.78, 5) is 16.0. The minimum atomic E-state index is 0.754. The Morgan fingerprint density at radius 2 is 2.13 bits per heavy atom. The van der Waals surface area contributed by atoms with Gasteiger partial charge >= 0.3 is 0 Å². The molecule has 1 fully saturated rings. The number of hydrogen-bond acceptors (Lipinski definition) is 6. The number of nitrogens with zero attached hydrogens (tertiary/aromatic N) is 4. The molecule has 3 heterocycles. The second-order valence-electron chi connectivity index (χ2n) is 3.31. The molecule has 1 aliphatic rings. The van der Waals surface area contributed by atoms with E-state index in [2.05, 4.69) is 19.9 Å². The van der Waals surface area contributed by atoms with Gasteiger partial charge in [-0.05, 0) is 0 Å². The zero-order chi connectivity index (χ0) is 10.1. The average molecular weight is 222 g/mol. The number of aromatic nitrogens is 3. The fourth-order valence-corrected chi connectivity index (χ4v) is 2.20. The number of hydrogen-bond donors (Lipinski definition) is 0. The van der Waals surface area contributed by atoms with Crippen molar-refractivity contribution in [3.8, 4) is 0 Å². The van der Waals surface area contributed by atoms with Crippen molar-refractivity contribution in [1.82, 2.24) is 15.0 Å². The van der Waals surface area contributed by atoms with Crippen molar-refractivity contribution >= 4 is 27.6 Å². The van der Waals surface area contributed by atoms with Crippen LogP contribution in [0.15, 0.2) is 11.7 Å². The molecule has 0 amide bonds. The van der Waals surface area contributed by atoms with E-state index in [4.69, 9.17) is 4.74 Å². The van der Waals surface area contributed by atoms with Crippen molar-refractivity contribution in [3.63, 3.8) is 0 Å². The number of ether oxygens (including phenoxy) is 1. The molecule has 78 valence electrons. The lowest BCUT2D eigenvalue weighted by Gasteiger charge is -2.26. The Morgan fingerprint density at radius 1 is 1.27 bits per heavy atom. The van der Waals surface area contributed by atoms with Crippen molar-refractivity contribution in [2.45, 2.75) is 0 Å². The second kappa shape index (κ2) is 3.71. The zero-order valence-corrected chi connectivity index (χ0v) is 8.90. The molecule has 0 N–H and O–H groups in total. The molecule has 5 nitrogen and oxygen atoms in total. The number of morpholine rings is 1. The van der Waals surface area contributed by atoms with Crippen LogP contribution in [0.3, 0.4) is 0 Å². The van der Waals surface area contributed by atoms with Gasteiger partial charge in [-0.1, -0.05) is 0 Å². The van der Waals surface area contributed by atoms with Gasteiger partial charge in [0, 0.05) is 13.1 Å². The third-order valence-electron chi connectivity index (χ3n) is 2.37. The van der Waals surface area contributed by atoms with Crippen LogP contribution in [-0.4, -0.2) is 41.3 Å². The summed E-state index contributed by atoms with van der Waals surface area (Å²) >= 11 is 1.55. The van der Waals surface area contributed by atoms with Crippen molar-refractivity contribution in [3.05, 3.63) is 11.7 Å². The lowest BCUT2D eigenvalue weighted by molar-refractivity contribution is 0.122. The standard InChI is InChI=1S/C9H10N4OS/c1-3-14-4-2-13(1)9-10-5-7-8(12-9)15-6-11-7/h5-6H,1-4H2. The minimum absolute atomic E-state index is 0.754. The van der Waals surface area contributed by atoms with Crippen LogP contribution in [0.2, 0.25) is 0 Å². The van der Waals surface area contributed by atoms with E-state index >= 15 is 0 Å². The van der Waals surface area contributed by atoms with Gasteiger partial charge in [0.05, 0.1) is 24.9 Å². The molecule has 0 radical (unpaired) electrons. The maximum Gasteiger partial charge on any atom is 0.226 e. The molecule has 0 aromatic carbocycles. The Hall–Kier alpha value is -1.27. The smallest absolute Gasteiger partial charge is 0.226 e. The number of anilines is 1. The minimum Gasteiger partial charge on any atom is -0.378 e. The van der Waals surface area contributed by atoms with Crippen LogP contribution in [0.4, 0.5) is 5.95 Å². The first-order chi connectivity index (χ1) is 7.43. The normalized spacial score (nSPS) is 17.2. The van der Waals surface area contributed by atoms with Gasteiger partial charge in [-0.2, -0.15) is 0 Å². The second-order valence-corrected chi connectivity index (χ2v) is 4.15. The summed E-state index contributed by atoms with van der Waals surface area (Å²) in [7, 11) is 0. The summed E-state index contributed by atoms with van der Waals surface area (Å²) in [5.41, 5.74) is 2.67. The van der Waals surface area contributed by atoms with E-state index in [1.807, 2.05) is 0 Å². The number of rotatable bonds is 1. The van der Waals surface area contributed by atoms with E-state index < -0.39 is 0 Å². The van der Waals surface area contributed by atoms with Gasteiger partial charge in [-0.25, -0.2) is 15.0 Å². The van der Waals surface area contributed by atoms with Crippen molar-refractivity contribution in [2.24, 2.45) is 0 Å². The molecule has 15 heavy (non-hydrogen) atoms. The quantitative estimate of drug-likeness (QED) is 0.718. The third-order valence-corrected chi connectivity index (χ3v) is 3.11. The van der Waals surface area contributed by atoms with Crippen molar-refractivity contribution in [2.75, 3.05) is 31.2 Å². The lowest BCUT2D eigenvalue weighted by atomic mass is 10.4. The molecule has 0 bridgehead atoms. The first kappa shape index (κ1) is 8.99. The molecule has 0 saturated carbocycles. The highest BCUT2D eigenvalue weighted by atomic mass is 32.1. The van der Waals surface area contributed by atoms with Crippen LogP contribution in [0.5, 0.6) is 0 Å². The molecule has 6 heteroatoms. The van der Waals surface area contributed by atoms with Crippen LogP contribution >= 0.6 is 11.3 Å².